The summed E-state index contributed by atoms with van der Waals surface area (Å²) in [6.07, 6.45) is 1.19. The van der Waals surface area contributed by atoms with E-state index in [2.05, 4.69) is 5.32 Å². The van der Waals surface area contributed by atoms with Crippen LogP contribution in [-0.4, -0.2) is 22.0 Å². The lowest BCUT2D eigenvalue weighted by Crippen LogP contribution is -2.14. The number of anilines is 1. The molecule has 9 heteroatoms. The van der Waals surface area contributed by atoms with E-state index < -0.39 is 22.3 Å². The predicted octanol–water partition coefficient (Wildman–Crippen LogP) is 4.24. The van der Waals surface area contributed by atoms with E-state index in [0.29, 0.717) is 11.4 Å². The number of amides is 1. The van der Waals surface area contributed by atoms with Crippen molar-refractivity contribution in [1.82, 2.24) is 0 Å². The molecule has 1 amide bonds. The number of halogens is 1. The number of phenols is 1. The van der Waals surface area contributed by atoms with Crippen LogP contribution in [0.4, 0.5) is 11.4 Å². The zero-order valence-corrected chi connectivity index (χ0v) is 17.1. The first-order chi connectivity index (χ1) is 13.2. The van der Waals surface area contributed by atoms with Crippen molar-refractivity contribution in [2.75, 3.05) is 5.32 Å². The third-order valence-corrected chi connectivity index (χ3v) is 4.22. The highest BCUT2D eigenvalue weighted by atomic mass is 127. The Kier molecular flexibility index (Phi) is 6.94. The maximum Gasteiger partial charge on any atom is 0.312 e. The molecule has 0 unspecified atom stereocenters. The van der Waals surface area contributed by atoms with Gasteiger partial charge in [0.1, 0.15) is 17.4 Å². The van der Waals surface area contributed by atoms with Crippen molar-refractivity contribution in [3.8, 4) is 17.6 Å². The van der Waals surface area contributed by atoms with Crippen molar-refractivity contribution in [2.24, 2.45) is 0 Å². The number of carbonyl (C=O) groups is 1. The molecule has 0 aliphatic heterocycles. The van der Waals surface area contributed by atoms with Crippen molar-refractivity contribution in [3.63, 3.8) is 0 Å². The normalized spacial score (nSPS) is 11.0. The Labute approximate surface area is 174 Å². The number of rotatable bonds is 6. The molecule has 0 fully saturated rings. The molecule has 2 rings (SSSR count). The molecule has 0 saturated heterocycles. The van der Waals surface area contributed by atoms with E-state index in [1.807, 2.05) is 13.8 Å². The molecular weight excluding hydrogens is 477 g/mol. The first-order valence-electron chi connectivity index (χ1n) is 8.08. The molecule has 2 N–H and O–H groups in total. The Morgan fingerprint density at radius 3 is 2.71 bits per heavy atom. The van der Waals surface area contributed by atoms with Gasteiger partial charge in [-0.25, -0.2) is 0 Å². The minimum absolute atomic E-state index is 0.0340. The highest BCUT2D eigenvalue weighted by molar-refractivity contribution is 14.1. The summed E-state index contributed by atoms with van der Waals surface area (Å²) in [6, 6.07) is 11.0. The second kappa shape index (κ2) is 9.18. The quantitative estimate of drug-likeness (QED) is 0.204. The maximum atomic E-state index is 12.4. The summed E-state index contributed by atoms with van der Waals surface area (Å²) in [5.74, 6) is -0.568. The number of benzene rings is 2. The highest BCUT2D eigenvalue weighted by Crippen LogP contribution is 2.33. The number of nitro benzene ring substituents is 1. The number of nitrogens with zero attached hydrogens (tertiary/aromatic N) is 2. The van der Waals surface area contributed by atoms with Gasteiger partial charge in [-0.05, 0) is 66.3 Å². The van der Waals surface area contributed by atoms with Crippen LogP contribution in [0, 0.1) is 25.0 Å². The molecule has 0 radical (unpaired) electrons. The summed E-state index contributed by atoms with van der Waals surface area (Å²) in [4.78, 5) is 22.7. The molecule has 0 aliphatic carbocycles. The topological polar surface area (TPSA) is 125 Å². The molecule has 0 aromatic heterocycles. The Balaban J connectivity index is 2.29. The van der Waals surface area contributed by atoms with Gasteiger partial charge in [-0.3, -0.25) is 14.9 Å². The van der Waals surface area contributed by atoms with Gasteiger partial charge in [-0.1, -0.05) is 6.07 Å². The number of hydrogen-bond acceptors (Lipinski definition) is 6. The van der Waals surface area contributed by atoms with E-state index >= 15 is 0 Å². The molecule has 2 aromatic rings. The number of nitrogens with one attached hydrogen (secondary N) is 1. The number of nitriles is 1. The van der Waals surface area contributed by atoms with Crippen molar-refractivity contribution < 1.29 is 19.6 Å². The zero-order chi connectivity index (χ0) is 20.8. The van der Waals surface area contributed by atoms with Crippen LogP contribution in [0.3, 0.4) is 0 Å². The fourth-order valence-electron chi connectivity index (χ4n) is 2.26. The monoisotopic (exact) mass is 493 g/mol. The van der Waals surface area contributed by atoms with E-state index in [-0.39, 0.29) is 20.8 Å². The first kappa shape index (κ1) is 21.2. The van der Waals surface area contributed by atoms with E-state index in [1.165, 1.54) is 12.1 Å². The minimum Gasteiger partial charge on any atom is -0.501 e. The van der Waals surface area contributed by atoms with Gasteiger partial charge < -0.3 is 15.2 Å². The van der Waals surface area contributed by atoms with Crippen molar-refractivity contribution in [2.45, 2.75) is 20.0 Å². The fraction of sp³-hybridized carbons (Fsp3) is 0.158. The summed E-state index contributed by atoms with van der Waals surface area (Å²) in [5, 5.41) is 32.7. The third kappa shape index (κ3) is 5.43. The second-order valence-electron chi connectivity index (χ2n) is 5.95. The van der Waals surface area contributed by atoms with Gasteiger partial charge in [0, 0.05) is 17.8 Å². The summed E-state index contributed by atoms with van der Waals surface area (Å²) < 4.78 is 5.79. The lowest BCUT2D eigenvalue weighted by Gasteiger charge is -2.11. The predicted molar refractivity (Wildman–Crippen MR) is 112 cm³/mol. The van der Waals surface area contributed by atoms with Gasteiger partial charge in [-0.2, -0.15) is 5.26 Å². The molecule has 0 aliphatic rings. The molecule has 0 atom stereocenters. The van der Waals surface area contributed by atoms with Crippen LogP contribution in [0.15, 0.2) is 42.0 Å². The Hall–Kier alpha value is -3.13. The van der Waals surface area contributed by atoms with Crippen LogP contribution in [0.2, 0.25) is 0 Å². The molecule has 8 nitrogen and oxygen atoms in total. The summed E-state index contributed by atoms with van der Waals surface area (Å²) in [6.45, 7) is 3.75. The van der Waals surface area contributed by atoms with Gasteiger partial charge in [0.25, 0.3) is 5.91 Å². The van der Waals surface area contributed by atoms with Crippen LogP contribution >= 0.6 is 22.6 Å². The van der Waals surface area contributed by atoms with Gasteiger partial charge >= 0.3 is 5.69 Å². The van der Waals surface area contributed by atoms with Crippen LogP contribution in [0.1, 0.15) is 19.4 Å². The van der Waals surface area contributed by atoms with E-state index in [1.54, 1.807) is 52.9 Å². The SMILES string of the molecule is CC(C)Oc1cccc(NC(=O)/C(C#N)=C\c2cc(I)c(O)c([N+](=O)[O-])c2)c1. The number of hydrogen-bond donors (Lipinski definition) is 2. The molecule has 0 saturated carbocycles. The number of nitro groups is 1. The maximum absolute atomic E-state index is 12.4. The second-order valence-corrected chi connectivity index (χ2v) is 7.11. The van der Waals surface area contributed by atoms with Gasteiger partial charge in [-0.15, -0.1) is 0 Å². The average Bonchev–Trinajstić information content (AvgIpc) is 2.61. The van der Waals surface area contributed by atoms with Gasteiger partial charge in [0.05, 0.1) is 14.6 Å². The molecule has 0 spiro atoms. The summed E-state index contributed by atoms with van der Waals surface area (Å²) in [5.41, 5.74) is -0.0617. The Morgan fingerprint density at radius 1 is 1.39 bits per heavy atom. The molecule has 2 aromatic carbocycles. The number of phenolic OH excluding ortho intramolecular Hbond substituents is 1. The van der Waals surface area contributed by atoms with Crippen LogP contribution in [-0.2, 0) is 4.79 Å². The van der Waals surface area contributed by atoms with Gasteiger partial charge in [0.15, 0.2) is 0 Å². The summed E-state index contributed by atoms with van der Waals surface area (Å²) in [7, 11) is 0. The van der Waals surface area contributed by atoms with E-state index in [9.17, 15) is 25.3 Å². The van der Waals surface area contributed by atoms with Crippen LogP contribution < -0.4 is 10.1 Å². The standard InChI is InChI=1S/C19H16IN3O5/c1-11(2)28-15-5-3-4-14(9-15)22-19(25)13(10-21)6-12-7-16(20)18(24)17(8-12)23(26)27/h3-9,11,24H,1-2H3,(H,22,25)/b13-6-. The minimum atomic E-state index is -0.735. The van der Waals surface area contributed by atoms with Gasteiger partial charge in [0.2, 0.25) is 5.75 Å². The molecule has 0 bridgehead atoms. The Morgan fingerprint density at radius 2 is 2.11 bits per heavy atom. The lowest BCUT2D eigenvalue weighted by atomic mass is 10.1. The molecule has 28 heavy (non-hydrogen) atoms. The largest absolute Gasteiger partial charge is 0.501 e. The third-order valence-electron chi connectivity index (χ3n) is 3.40. The van der Waals surface area contributed by atoms with Crippen LogP contribution in [0.5, 0.6) is 11.5 Å². The smallest absolute Gasteiger partial charge is 0.312 e. The van der Waals surface area contributed by atoms with Crippen molar-refractivity contribution >= 4 is 45.9 Å². The molecule has 144 valence electrons. The number of carbonyl (C=O) groups excluding carboxylic acids is 1. The number of ether oxygens (including phenoxy) is 1. The van der Waals surface area contributed by atoms with E-state index in [0.717, 1.165) is 6.07 Å². The lowest BCUT2D eigenvalue weighted by molar-refractivity contribution is -0.386. The average molecular weight is 493 g/mol. The van der Waals surface area contributed by atoms with Crippen molar-refractivity contribution in [1.29, 1.82) is 5.26 Å². The Bertz CT molecular complexity index is 996. The van der Waals surface area contributed by atoms with Crippen LogP contribution in [0.25, 0.3) is 6.08 Å². The highest BCUT2D eigenvalue weighted by Gasteiger charge is 2.18. The molecule has 0 heterocycles. The number of aromatic hydroxyl groups is 1. The van der Waals surface area contributed by atoms with E-state index in [4.69, 9.17) is 4.74 Å². The first-order valence-corrected chi connectivity index (χ1v) is 9.16. The molecular formula is C19H16IN3O5. The fourth-order valence-corrected chi connectivity index (χ4v) is 2.90. The zero-order valence-electron chi connectivity index (χ0n) is 15.0. The van der Waals surface area contributed by atoms with Crippen molar-refractivity contribution in [3.05, 3.63) is 61.2 Å². The summed E-state index contributed by atoms with van der Waals surface area (Å²) >= 11 is 1.74.